The smallest absolute Gasteiger partial charge is 0.256 e. The molecular formula is C20H16ClN3O2. The molecule has 1 aromatic heterocycles. The van der Waals surface area contributed by atoms with E-state index in [1.54, 1.807) is 60.8 Å². The lowest BCUT2D eigenvalue weighted by Crippen LogP contribution is -2.16. The summed E-state index contributed by atoms with van der Waals surface area (Å²) in [6, 6.07) is 19.2. The molecule has 0 saturated heterocycles. The molecule has 2 aromatic carbocycles. The van der Waals surface area contributed by atoms with Gasteiger partial charge in [-0.2, -0.15) is 0 Å². The minimum Gasteiger partial charge on any atom is -0.326 e. The van der Waals surface area contributed by atoms with E-state index < -0.39 is 0 Å². The molecule has 5 nitrogen and oxygen atoms in total. The fourth-order valence-electron chi connectivity index (χ4n) is 2.38. The lowest BCUT2D eigenvalue weighted by atomic mass is 10.1. The van der Waals surface area contributed by atoms with Crippen LogP contribution in [0.5, 0.6) is 0 Å². The highest BCUT2D eigenvalue weighted by Crippen LogP contribution is 2.17. The number of rotatable bonds is 5. The van der Waals surface area contributed by atoms with E-state index in [0.29, 0.717) is 22.1 Å². The highest BCUT2D eigenvalue weighted by Gasteiger charge is 2.10. The van der Waals surface area contributed by atoms with Crippen LogP contribution in [0.15, 0.2) is 72.9 Å². The standard InChI is InChI=1S/C20H16ClN3O2/c21-17-9-2-1-6-14(17)13-19(25)23-16-8-5-7-15(12-16)20(26)24-18-10-3-4-11-22-18/h1-12H,13H2,(H,23,25)(H,22,24,26). The molecule has 3 aromatic rings. The second-order valence-corrected chi connectivity index (χ2v) is 5.97. The Hall–Kier alpha value is -3.18. The Bertz CT molecular complexity index is 929. The molecule has 130 valence electrons. The molecule has 2 amide bonds. The van der Waals surface area contributed by atoms with Gasteiger partial charge in [0, 0.05) is 22.5 Å². The van der Waals surface area contributed by atoms with Crippen LogP contribution in [0.25, 0.3) is 0 Å². The molecule has 0 unspecified atom stereocenters. The molecule has 0 aliphatic carbocycles. The number of aromatic nitrogens is 1. The Labute approximate surface area is 156 Å². The third-order valence-electron chi connectivity index (χ3n) is 3.62. The molecule has 0 aliphatic heterocycles. The summed E-state index contributed by atoms with van der Waals surface area (Å²) < 4.78 is 0. The average molecular weight is 366 g/mol. The predicted octanol–water partition coefficient (Wildman–Crippen LogP) is 4.17. The van der Waals surface area contributed by atoms with Crippen LogP contribution in [0.4, 0.5) is 11.5 Å². The Morgan fingerprint density at radius 2 is 1.73 bits per heavy atom. The van der Waals surface area contributed by atoms with Crippen LogP contribution in [0.3, 0.4) is 0 Å². The number of carbonyl (C=O) groups is 2. The zero-order valence-corrected chi connectivity index (χ0v) is 14.5. The van der Waals surface area contributed by atoms with Crippen molar-refractivity contribution in [2.45, 2.75) is 6.42 Å². The van der Waals surface area contributed by atoms with Gasteiger partial charge in [-0.15, -0.1) is 0 Å². The van der Waals surface area contributed by atoms with Gasteiger partial charge in [0.15, 0.2) is 0 Å². The topological polar surface area (TPSA) is 71.1 Å². The minimum atomic E-state index is -0.300. The number of anilines is 2. The zero-order chi connectivity index (χ0) is 18.4. The van der Waals surface area contributed by atoms with Crippen LogP contribution in [-0.4, -0.2) is 16.8 Å². The second kappa shape index (κ2) is 8.27. The Balaban J connectivity index is 1.66. The van der Waals surface area contributed by atoms with Crippen molar-refractivity contribution in [2.24, 2.45) is 0 Å². The summed E-state index contributed by atoms with van der Waals surface area (Å²) in [5, 5.41) is 6.04. The van der Waals surface area contributed by atoms with Gasteiger partial charge < -0.3 is 10.6 Å². The molecule has 0 spiro atoms. The summed E-state index contributed by atoms with van der Waals surface area (Å²) in [5.41, 5.74) is 1.71. The normalized spacial score (nSPS) is 10.2. The molecule has 26 heavy (non-hydrogen) atoms. The molecule has 2 N–H and O–H groups in total. The maximum absolute atomic E-state index is 12.3. The van der Waals surface area contributed by atoms with Gasteiger partial charge in [0.05, 0.1) is 6.42 Å². The molecule has 0 radical (unpaired) electrons. The van der Waals surface area contributed by atoms with E-state index in [-0.39, 0.29) is 18.2 Å². The molecule has 6 heteroatoms. The third-order valence-corrected chi connectivity index (χ3v) is 3.99. The van der Waals surface area contributed by atoms with Crippen molar-refractivity contribution in [3.63, 3.8) is 0 Å². The number of benzene rings is 2. The summed E-state index contributed by atoms with van der Waals surface area (Å²) in [7, 11) is 0. The van der Waals surface area contributed by atoms with Crippen LogP contribution < -0.4 is 10.6 Å². The third kappa shape index (κ3) is 4.68. The van der Waals surface area contributed by atoms with E-state index in [1.165, 1.54) is 0 Å². The van der Waals surface area contributed by atoms with Gasteiger partial charge in [-0.3, -0.25) is 9.59 Å². The molecule has 0 fully saturated rings. The first-order valence-corrected chi connectivity index (χ1v) is 8.35. The highest BCUT2D eigenvalue weighted by molar-refractivity contribution is 6.31. The summed E-state index contributed by atoms with van der Waals surface area (Å²) in [6.07, 6.45) is 1.75. The molecule has 0 bridgehead atoms. The van der Waals surface area contributed by atoms with E-state index >= 15 is 0 Å². The quantitative estimate of drug-likeness (QED) is 0.712. The summed E-state index contributed by atoms with van der Waals surface area (Å²) >= 11 is 6.08. The van der Waals surface area contributed by atoms with Crippen LogP contribution in [0.2, 0.25) is 5.02 Å². The van der Waals surface area contributed by atoms with Crippen molar-refractivity contribution in [3.05, 3.63) is 89.1 Å². The molecule has 0 saturated carbocycles. The van der Waals surface area contributed by atoms with Gasteiger partial charge in [-0.25, -0.2) is 4.98 Å². The van der Waals surface area contributed by atoms with Crippen LogP contribution >= 0.6 is 11.6 Å². The van der Waals surface area contributed by atoms with Crippen LogP contribution in [0.1, 0.15) is 15.9 Å². The summed E-state index contributed by atoms with van der Waals surface area (Å²) in [5.74, 6) is -0.0445. The number of hydrogen-bond acceptors (Lipinski definition) is 3. The Morgan fingerprint density at radius 1 is 0.923 bits per heavy atom. The first kappa shape index (κ1) is 17.6. The number of halogens is 1. The average Bonchev–Trinajstić information content (AvgIpc) is 2.64. The Kier molecular flexibility index (Phi) is 5.61. The molecule has 1 heterocycles. The van der Waals surface area contributed by atoms with E-state index in [9.17, 15) is 9.59 Å². The zero-order valence-electron chi connectivity index (χ0n) is 13.8. The second-order valence-electron chi connectivity index (χ2n) is 5.57. The van der Waals surface area contributed by atoms with Crippen molar-refractivity contribution in [1.82, 2.24) is 4.98 Å². The molecule has 0 aliphatic rings. The highest BCUT2D eigenvalue weighted by atomic mass is 35.5. The Morgan fingerprint density at radius 3 is 2.50 bits per heavy atom. The molecule has 3 rings (SSSR count). The first-order chi connectivity index (χ1) is 12.6. The number of hydrogen-bond donors (Lipinski definition) is 2. The van der Waals surface area contributed by atoms with Crippen molar-refractivity contribution in [1.29, 1.82) is 0 Å². The van der Waals surface area contributed by atoms with E-state index in [0.717, 1.165) is 5.56 Å². The monoisotopic (exact) mass is 365 g/mol. The van der Waals surface area contributed by atoms with Crippen molar-refractivity contribution >= 4 is 34.9 Å². The van der Waals surface area contributed by atoms with Crippen LogP contribution in [0, 0.1) is 0 Å². The van der Waals surface area contributed by atoms with Gasteiger partial charge in [-0.05, 0) is 42.0 Å². The number of carbonyl (C=O) groups excluding carboxylic acids is 2. The van der Waals surface area contributed by atoms with E-state index in [1.807, 2.05) is 12.1 Å². The van der Waals surface area contributed by atoms with E-state index in [4.69, 9.17) is 11.6 Å². The number of amides is 2. The van der Waals surface area contributed by atoms with Gasteiger partial charge in [-0.1, -0.05) is 41.9 Å². The van der Waals surface area contributed by atoms with Gasteiger partial charge >= 0.3 is 0 Å². The lowest BCUT2D eigenvalue weighted by molar-refractivity contribution is -0.115. The largest absolute Gasteiger partial charge is 0.326 e. The van der Waals surface area contributed by atoms with Gasteiger partial charge in [0.2, 0.25) is 5.91 Å². The van der Waals surface area contributed by atoms with Gasteiger partial charge in [0.1, 0.15) is 5.82 Å². The molecule has 0 atom stereocenters. The van der Waals surface area contributed by atoms with E-state index in [2.05, 4.69) is 15.6 Å². The number of nitrogens with zero attached hydrogens (tertiary/aromatic N) is 1. The first-order valence-electron chi connectivity index (χ1n) is 7.97. The fourth-order valence-corrected chi connectivity index (χ4v) is 2.59. The van der Waals surface area contributed by atoms with Gasteiger partial charge in [0.25, 0.3) is 5.91 Å². The maximum atomic E-state index is 12.3. The maximum Gasteiger partial charge on any atom is 0.256 e. The van der Waals surface area contributed by atoms with Crippen LogP contribution in [-0.2, 0) is 11.2 Å². The summed E-state index contributed by atoms with van der Waals surface area (Å²) in [6.45, 7) is 0. The van der Waals surface area contributed by atoms with Crippen molar-refractivity contribution < 1.29 is 9.59 Å². The fraction of sp³-hybridized carbons (Fsp3) is 0.0500. The molecular weight excluding hydrogens is 350 g/mol. The summed E-state index contributed by atoms with van der Waals surface area (Å²) in [4.78, 5) is 28.6. The minimum absolute atomic E-state index is 0.157. The predicted molar refractivity (Wildman–Crippen MR) is 102 cm³/mol. The number of nitrogens with one attached hydrogen (secondary N) is 2. The SMILES string of the molecule is O=C(Cc1ccccc1Cl)Nc1cccc(C(=O)Nc2ccccn2)c1. The van der Waals surface area contributed by atoms with Crippen molar-refractivity contribution in [3.8, 4) is 0 Å². The van der Waals surface area contributed by atoms with Crippen molar-refractivity contribution in [2.75, 3.05) is 10.6 Å². The number of pyridine rings is 1. The lowest BCUT2D eigenvalue weighted by Gasteiger charge is -2.09.